The van der Waals surface area contributed by atoms with E-state index < -0.39 is 0 Å². The molecule has 16 heterocycles. The Morgan fingerprint density at radius 3 is 0.936 bits per heavy atom. The third kappa shape index (κ3) is 18.1. The van der Waals surface area contributed by atoms with Crippen molar-refractivity contribution < 1.29 is 35.8 Å². The summed E-state index contributed by atoms with van der Waals surface area (Å²) in [5, 5.41) is 13.9. The van der Waals surface area contributed by atoms with Gasteiger partial charge in [0.1, 0.15) is 69.7 Å². The molecule has 4 aliphatic rings. The van der Waals surface area contributed by atoms with Crippen LogP contribution in [-0.2, 0) is 51.9 Å². The molecule has 24 rings (SSSR count). The minimum absolute atomic E-state index is 0.0896. The van der Waals surface area contributed by atoms with Crippen molar-refractivity contribution >= 4 is 67.4 Å². The molecule has 0 amide bonds. The van der Waals surface area contributed by atoms with Crippen LogP contribution in [0.4, 0.5) is 50.1 Å². The predicted molar refractivity (Wildman–Crippen MR) is 532 cm³/mol. The van der Waals surface area contributed by atoms with Gasteiger partial charge in [0.15, 0.2) is 0 Å². The molecule has 12 aromatic heterocycles. The molecule has 32 heteroatoms. The summed E-state index contributed by atoms with van der Waals surface area (Å²) in [7, 11) is 5.16. The van der Waals surface area contributed by atoms with Crippen LogP contribution >= 0.6 is 0 Å². The molecule has 0 bridgehead atoms. The van der Waals surface area contributed by atoms with Crippen molar-refractivity contribution in [1.82, 2.24) is 96.3 Å². The molecule has 704 valence electrons. The van der Waals surface area contributed by atoms with Gasteiger partial charge in [-0.25, -0.2) is 86.2 Å². The molecule has 4 aliphatic heterocycles. The van der Waals surface area contributed by atoms with E-state index in [1.54, 1.807) is 119 Å². The third-order valence-corrected chi connectivity index (χ3v) is 26.4. The van der Waals surface area contributed by atoms with Crippen molar-refractivity contribution in [2.45, 2.75) is 122 Å². The molecule has 0 fully saturated rings. The highest BCUT2D eigenvalue weighted by Gasteiger charge is 2.37. The normalized spacial score (nSPS) is 15.0. The van der Waals surface area contributed by atoms with Crippen LogP contribution in [-0.4, -0.2) is 131 Å². The standard InChI is InChI=1S/C29H29FN6O.C28H27FN6O.C26H22F2N6.C25H20F2N6/c1-3-14-31-29-32-15-12-24(33-29)28-27(20-4-7-21(30)8-5-20)34-26-11-9-22(36(26)28)18-35-16-13-19-6-10-23(37-2)17-25(19)35;1-3-30-28-31-14-12-23(32-28)27-26(19-4-7-20(29)8-5-19)33-25-11-9-21(35(25)27)17-34-15-13-18-6-10-22(36-2)16-24(18)34;1-29-26-30-12-10-21(31-26)25-24(17-3-5-18(27)6-4-17)32-23-9-8-20(34(23)25)15-33-13-11-16-2-7-19(28)14-22(16)33;26-17-4-2-16(3-5-17)23-24(20-9-11-29-25(28)30-20)33-19(7-8-22(33)31-23)14-32-12-10-15-1-6-18(27)13-21(15)32/h4-8,10,12-13,15-17,22H,3,9,11,14,18H2,1-2H3,(H,31,32,33);4-8,10,12-16,21H,3,9,11,17H2,1-2H3,(H,30,31,32);2-7,10-14,20H,8-9,15H2,1H3,(H,29,30,31);1-6,9-13,19H,7-8,14H2,(H2,28,29,30)/t22-;21-;20-;19-/m0000/s1. The van der Waals surface area contributed by atoms with Crippen LogP contribution in [0, 0.1) is 34.9 Å². The number of halogens is 6. The zero-order chi connectivity index (χ0) is 95.8. The molecule has 26 nitrogen and oxygen atoms in total. The van der Waals surface area contributed by atoms with E-state index in [0.717, 1.165) is 236 Å². The molecule has 8 aromatic carbocycles. The largest absolute Gasteiger partial charge is 0.497 e. The number of nitrogens with one attached hydrogen (secondary N) is 3. The topological polar surface area (TPSA) is 275 Å². The Labute approximate surface area is 801 Å². The Morgan fingerprint density at radius 1 is 0.329 bits per heavy atom. The number of aryl methyl sites for hydroxylation is 4. The average molecular weight is 1880 g/mol. The van der Waals surface area contributed by atoms with Gasteiger partial charge in [-0.05, 0) is 267 Å². The lowest BCUT2D eigenvalue weighted by Crippen LogP contribution is -2.14. The fourth-order valence-electron chi connectivity index (χ4n) is 19.9. The summed E-state index contributed by atoms with van der Waals surface area (Å²) < 4.78 is 111. The first-order valence-electron chi connectivity index (χ1n) is 46.9. The number of nitrogens with two attached hydrogens (primary N) is 1. The van der Waals surface area contributed by atoms with Crippen LogP contribution in [0.25, 0.3) is 134 Å². The Bertz CT molecular complexity index is 7930. The second-order valence-electron chi connectivity index (χ2n) is 35.1. The molecule has 0 aliphatic carbocycles. The highest BCUT2D eigenvalue weighted by atomic mass is 19.1. The Balaban J connectivity index is 0.000000111. The van der Waals surface area contributed by atoms with E-state index in [2.05, 4.69) is 133 Å². The van der Waals surface area contributed by atoms with Crippen LogP contribution < -0.4 is 31.2 Å². The van der Waals surface area contributed by atoms with Gasteiger partial charge in [-0.3, -0.25) is 0 Å². The lowest BCUT2D eigenvalue weighted by atomic mass is 10.1. The molecule has 20 aromatic rings. The van der Waals surface area contributed by atoms with Crippen LogP contribution in [0.1, 0.15) is 93.4 Å². The number of ether oxygens (including phenoxy) is 2. The van der Waals surface area contributed by atoms with E-state index in [4.69, 9.17) is 50.1 Å². The highest BCUT2D eigenvalue weighted by Crippen LogP contribution is 2.47. The summed E-state index contributed by atoms with van der Waals surface area (Å²) in [6, 6.07) is 64.1. The molecule has 0 spiro atoms. The molecule has 0 radical (unpaired) electrons. The van der Waals surface area contributed by atoms with Crippen LogP contribution in [0.3, 0.4) is 0 Å². The van der Waals surface area contributed by atoms with Gasteiger partial charge in [-0.1, -0.05) is 6.92 Å². The summed E-state index contributed by atoms with van der Waals surface area (Å²) in [5.74, 6) is 5.86. The molecule has 140 heavy (non-hydrogen) atoms. The highest BCUT2D eigenvalue weighted by molar-refractivity contribution is 5.86. The number of imidazole rings is 4. The first-order chi connectivity index (χ1) is 68.4. The van der Waals surface area contributed by atoms with Gasteiger partial charge in [-0.15, -0.1) is 0 Å². The Morgan fingerprint density at radius 2 is 0.621 bits per heavy atom. The maximum atomic E-state index is 13.9. The number of aromatic nitrogens is 20. The van der Waals surface area contributed by atoms with E-state index >= 15 is 0 Å². The fraction of sp³-hybridized carbons (Fsp3) is 0.222. The summed E-state index contributed by atoms with van der Waals surface area (Å²) in [5.41, 5.74) is 23.0. The molecule has 5 N–H and O–H groups in total. The van der Waals surface area contributed by atoms with Crippen molar-refractivity contribution in [2.24, 2.45) is 0 Å². The van der Waals surface area contributed by atoms with Gasteiger partial charge in [0.2, 0.25) is 23.8 Å². The van der Waals surface area contributed by atoms with Crippen molar-refractivity contribution in [3.05, 3.63) is 326 Å². The molecular weight excluding hydrogens is 1780 g/mol. The van der Waals surface area contributed by atoms with E-state index in [0.29, 0.717) is 36.6 Å². The van der Waals surface area contributed by atoms with Crippen LogP contribution in [0.15, 0.2) is 268 Å². The van der Waals surface area contributed by atoms with Gasteiger partial charge in [0.05, 0.1) is 129 Å². The average Bonchev–Trinajstić information content (AvgIpc) is 1.60. The Kier molecular flexibility index (Phi) is 25.0. The smallest absolute Gasteiger partial charge is 0.223 e. The minimum Gasteiger partial charge on any atom is -0.497 e. The number of rotatable bonds is 24. The summed E-state index contributed by atoms with van der Waals surface area (Å²) in [6.45, 7) is 8.57. The lowest BCUT2D eigenvalue weighted by molar-refractivity contribution is 0.414. The van der Waals surface area contributed by atoms with Gasteiger partial charge in [-0.2, -0.15) is 0 Å². The zero-order valence-electron chi connectivity index (χ0n) is 77.4. The quantitative estimate of drug-likeness (QED) is 0.0409. The van der Waals surface area contributed by atoms with E-state index in [9.17, 15) is 26.3 Å². The summed E-state index contributed by atoms with van der Waals surface area (Å²) in [4.78, 5) is 55.9. The maximum Gasteiger partial charge on any atom is 0.223 e. The van der Waals surface area contributed by atoms with Gasteiger partial charge in [0.25, 0.3) is 0 Å². The SMILES string of the molecule is CCCNc1nccc(-c2c(-c3ccc(F)cc3)nc3n2[C@H](Cn2ccc4ccc(OC)cc42)CC3)n1.CCNc1nccc(-c2c(-c3ccc(F)cc3)nc3n2[C@H](Cn2ccc4ccc(OC)cc42)CC3)n1.CNc1nccc(-c2c(-c3ccc(F)cc3)nc3n2[C@H](Cn2ccc4ccc(F)cc42)CC3)n1.Nc1nccc(-c2c(-c3ccc(F)cc3)nc3n2[C@H](Cn2ccc4ccc(F)cc42)CC3)n1. The summed E-state index contributed by atoms with van der Waals surface area (Å²) >= 11 is 0. The van der Waals surface area contributed by atoms with Crippen molar-refractivity contribution in [3.8, 4) is 102 Å². The first kappa shape index (κ1) is 90.0. The number of nitrogen functional groups attached to an aromatic ring is 1. The maximum absolute atomic E-state index is 13.9. The first-order valence-corrected chi connectivity index (χ1v) is 46.9. The van der Waals surface area contributed by atoms with E-state index in [-0.39, 0.29) is 65.0 Å². The fourth-order valence-corrected chi connectivity index (χ4v) is 19.9. The predicted octanol–water partition coefficient (Wildman–Crippen LogP) is 22.3. The lowest BCUT2D eigenvalue weighted by Gasteiger charge is -2.19. The molecule has 0 saturated heterocycles. The van der Waals surface area contributed by atoms with Crippen molar-refractivity contribution in [1.29, 1.82) is 0 Å². The van der Waals surface area contributed by atoms with Crippen molar-refractivity contribution in [2.75, 3.05) is 56.0 Å². The van der Waals surface area contributed by atoms with Crippen molar-refractivity contribution in [3.63, 3.8) is 0 Å². The van der Waals surface area contributed by atoms with Crippen LogP contribution in [0.2, 0.25) is 0 Å². The Hall–Kier alpha value is -16.5. The van der Waals surface area contributed by atoms with E-state index in [1.807, 2.05) is 67.8 Å². The second-order valence-corrected chi connectivity index (χ2v) is 35.1. The number of methoxy groups -OCH3 is 2. The van der Waals surface area contributed by atoms with Gasteiger partial charge < -0.3 is 67.7 Å². The van der Waals surface area contributed by atoms with Gasteiger partial charge in [0, 0.05) is 156 Å². The number of anilines is 4. The zero-order valence-corrected chi connectivity index (χ0v) is 77.4. The number of nitrogens with zero attached hydrogens (tertiary/aromatic N) is 20. The molecule has 4 atom stereocenters. The minimum atomic E-state index is -0.303. The number of hydrogen-bond acceptors (Lipinski definition) is 18. The number of benzene rings is 8. The van der Waals surface area contributed by atoms with E-state index in [1.165, 1.54) is 71.4 Å². The van der Waals surface area contributed by atoms with Crippen LogP contribution in [0.5, 0.6) is 11.5 Å². The van der Waals surface area contributed by atoms with Gasteiger partial charge >= 0.3 is 0 Å². The summed E-state index contributed by atoms with van der Waals surface area (Å²) in [6.07, 6.45) is 23.3. The second kappa shape index (κ2) is 38.9. The molecule has 0 unspecified atom stereocenters. The molecular formula is C108H98F6N24O2. The number of fused-ring (bicyclic) bond motifs is 8. The monoisotopic (exact) mass is 1880 g/mol. The third-order valence-electron chi connectivity index (χ3n) is 26.4. The molecule has 0 saturated carbocycles. The number of hydrogen-bond donors (Lipinski definition) is 4.